The number of nitrogens with zero attached hydrogens (tertiary/aromatic N) is 5. The molecule has 0 bridgehead atoms. The zero-order valence-electron chi connectivity index (χ0n) is 24.8. The highest BCUT2D eigenvalue weighted by molar-refractivity contribution is 5.93. The highest BCUT2D eigenvalue weighted by atomic mass is 19.1. The fourth-order valence-corrected chi connectivity index (χ4v) is 6.77. The summed E-state index contributed by atoms with van der Waals surface area (Å²) >= 11 is 0. The van der Waals surface area contributed by atoms with Gasteiger partial charge in [0.05, 0.1) is 17.2 Å². The van der Waals surface area contributed by atoms with Gasteiger partial charge in [-0.1, -0.05) is 24.3 Å². The lowest BCUT2D eigenvalue weighted by Crippen LogP contribution is -2.39. The topological polar surface area (TPSA) is 91.0 Å². The predicted molar refractivity (Wildman–Crippen MR) is 162 cm³/mol. The van der Waals surface area contributed by atoms with Crippen LogP contribution >= 0.6 is 0 Å². The minimum atomic E-state index is -0.840. The van der Waals surface area contributed by atoms with Crippen molar-refractivity contribution in [1.29, 1.82) is 0 Å². The van der Waals surface area contributed by atoms with E-state index in [1.54, 1.807) is 30.5 Å². The zero-order valence-corrected chi connectivity index (χ0v) is 24.8. The van der Waals surface area contributed by atoms with Crippen LogP contribution in [0.3, 0.4) is 0 Å². The second-order valence-corrected chi connectivity index (χ2v) is 12.9. The third kappa shape index (κ3) is 4.75. The average molecular weight is 582 g/mol. The van der Waals surface area contributed by atoms with Crippen LogP contribution in [0.5, 0.6) is 0 Å². The van der Waals surface area contributed by atoms with Crippen molar-refractivity contribution >= 4 is 23.2 Å². The molecular formula is C34H36FN5O3. The van der Waals surface area contributed by atoms with E-state index in [1.807, 2.05) is 29.2 Å². The molecule has 1 amide bonds. The van der Waals surface area contributed by atoms with E-state index in [0.29, 0.717) is 48.2 Å². The van der Waals surface area contributed by atoms with Crippen molar-refractivity contribution in [1.82, 2.24) is 19.5 Å². The quantitative estimate of drug-likeness (QED) is 0.296. The van der Waals surface area contributed by atoms with E-state index >= 15 is 4.39 Å². The monoisotopic (exact) mass is 581 g/mol. The summed E-state index contributed by atoms with van der Waals surface area (Å²) in [6.07, 6.45) is 3.60. The first kappa shape index (κ1) is 27.6. The standard InChI is InChI=1S/C34H36FN5O3/c1-20-25-7-5-4-6-21(25)12-15-39(20)32(41)29-17-30(22-8-9-22)40-31(36-29)18-28(37-40)26-11-10-24(16-27(26)35)38-14-13-23(19-38)34(2,3)33(42)43/h4-7,10-11,16-18,20,22-23H,8-9,12-15,19H2,1-3H3,(H,42,43)/t20-,23-/m1/s1. The molecule has 43 heavy (non-hydrogen) atoms. The fourth-order valence-electron chi connectivity index (χ4n) is 6.77. The first-order valence-corrected chi connectivity index (χ1v) is 15.2. The summed E-state index contributed by atoms with van der Waals surface area (Å²) in [5, 5.41) is 14.4. The van der Waals surface area contributed by atoms with Gasteiger partial charge in [0.2, 0.25) is 0 Å². The maximum absolute atomic E-state index is 15.6. The van der Waals surface area contributed by atoms with Gasteiger partial charge in [0.25, 0.3) is 5.91 Å². The van der Waals surface area contributed by atoms with Crippen molar-refractivity contribution in [2.45, 2.75) is 58.4 Å². The molecule has 2 aromatic heterocycles. The van der Waals surface area contributed by atoms with Gasteiger partial charge in [0.1, 0.15) is 11.5 Å². The SMILES string of the molecule is C[C@@H]1c2ccccc2CCN1C(=O)c1cc(C2CC2)n2nc(-c3ccc(N4CC[C@@H](C(C)(C)C(=O)O)C4)cc3F)cc2n1. The van der Waals surface area contributed by atoms with Gasteiger partial charge in [-0.25, -0.2) is 13.9 Å². The number of aliphatic carboxylic acids is 1. The van der Waals surface area contributed by atoms with Crippen LogP contribution in [0.1, 0.15) is 79.3 Å². The molecule has 7 rings (SSSR count). The molecule has 2 aromatic carbocycles. The molecular weight excluding hydrogens is 545 g/mol. The van der Waals surface area contributed by atoms with Crippen molar-refractivity contribution in [2.75, 3.05) is 24.5 Å². The summed E-state index contributed by atoms with van der Waals surface area (Å²) < 4.78 is 17.4. The lowest BCUT2D eigenvalue weighted by Gasteiger charge is -2.35. The van der Waals surface area contributed by atoms with Gasteiger partial charge < -0.3 is 14.9 Å². The fraction of sp³-hybridized carbons (Fsp3) is 0.412. The normalized spacial score (nSPS) is 20.5. The number of amides is 1. The number of carbonyl (C=O) groups is 2. The van der Waals surface area contributed by atoms with Crippen LogP contribution in [0.2, 0.25) is 0 Å². The third-order valence-electron chi connectivity index (χ3n) is 9.88. The lowest BCUT2D eigenvalue weighted by atomic mass is 9.78. The summed E-state index contributed by atoms with van der Waals surface area (Å²) in [6.45, 7) is 7.46. The van der Waals surface area contributed by atoms with E-state index in [4.69, 9.17) is 10.1 Å². The molecule has 1 aliphatic carbocycles. The zero-order chi connectivity index (χ0) is 30.0. The second-order valence-electron chi connectivity index (χ2n) is 12.9. The Morgan fingerprint density at radius 2 is 1.81 bits per heavy atom. The van der Waals surface area contributed by atoms with Gasteiger partial charge >= 0.3 is 5.97 Å². The third-order valence-corrected chi connectivity index (χ3v) is 9.88. The molecule has 1 saturated heterocycles. The number of rotatable bonds is 6. The van der Waals surface area contributed by atoms with Crippen LogP contribution in [0.4, 0.5) is 10.1 Å². The number of carboxylic acid groups (broad SMARTS) is 1. The molecule has 1 N–H and O–H groups in total. The van der Waals surface area contributed by atoms with Crippen molar-refractivity contribution in [3.63, 3.8) is 0 Å². The van der Waals surface area contributed by atoms with E-state index in [9.17, 15) is 14.7 Å². The van der Waals surface area contributed by atoms with Crippen LogP contribution < -0.4 is 4.90 Å². The van der Waals surface area contributed by atoms with Gasteiger partial charge in [0.15, 0.2) is 5.65 Å². The Morgan fingerprint density at radius 3 is 2.56 bits per heavy atom. The number of halogens is 1. The van der Waals surface area contributed by atoms with Crippen molar-refractivity contribution in [3.05, 3.63) is 82.9 Å². The summed E-state index contributed by atoms with van der Waals surface area (Å²) in [7, 11) is 0. The number of benzene rings is 2. The highest BCUT2D eigenvalue weighted by Gasteiger charge is 2.41. The van der Waals surface area contributed by atoms with Gasteiger partial charge in [-0.15, -0.1) is 0 Å². The molecule has 0 unspecified atom stereocenters. The molecule has 0 radical (unpaired) electrons. The molecule has 222 valence electrons. The molecule has 0 spiro atoms. The number of carboxylic acids is 1. The number of carbonyl (C=O) groups excluding carboxylic acids is 1. The van der Waals surface area contributed by atoms with Crippen molar-refractivity contribution < 1.29 is 19.1 Å². The largest absolute Gasteiger partial charge is 0.481 e. The Morgan fingerprint density at radius 1 is 1.02 bits per heavy atom. The Bertz CT molecular complexity index is 1760. The summed E-state index contributed by atoms with van der Waals surface area (Å²) in [5.41, 5.74) is 5.05. The molecule has 2 aliphatic heterocycles. The lowest BCUT2D eigenvalue weighted by molar-refractivity contribution is -0.149. The average Bonchev–Trinajstić information content (AvgIpc) is 3.54. The van der Waals surface area contributed by atoms with Gasteiger partial charge in [-0.3, -0.25) is 9.59 Å². The maximum Gasteiger partial charge on any atom is 0.309 e. The summed E-state index contributed by atoms with van der Waals surface area (Å²) in [4.78, 5) is 34.2. The molecule has 4 aromatic rings. The van der Waals surface area contributed by atoms with E-state index in [0.717, 1.165) is 37.1 Å². The summed E-state index contributed by atoms with van der Waals surface area (Å²) in [5.74, 6) is -1.02. The van der Waals surface area contributed by atoms with Crippen LogP contribution in [-0.4, -0.2) is 56.1 Å². The van der Waals surface area contributed by atoms with E-state index < -0.39 is 17.2 Å². The van der Waals surface area contributed by atoms with E-state index in [2.05, 4.69) is 24.0 Å². The number of aromatic nitrogens is 3. The number of anilines is 1. The van der Waals surface area contributed by atoms with E-state index in [1.165, 1.54) is 17.2 Å². The smallest absolute Gasteiger partial charge is 0.309 e. The molecule has 2 fully saturated rings. The van der Waals surface area contributed by atoms with Gasteiger partial charge in [-0.05, 0) is 87.8 Å². The molecule has 8 nitrogen and oxygen atoms in total. The maximum atomic E-state index is 15.6. The molecule has 4 heterocycles. The van der Waals surface area contributed by atoms with Gasteiger partial charge in [0, 0.05) is 48.6 Å². The van der Waals surface area contributed by atoms with Crippen molar-refractivity contribution in [2.24, 2.45) is 11.3 Å². The van der Waals surface area contributed by atoms with E-state index in [-0.39, 0.29) is 17.9 Å². The second kappa shape index (κ2) is 10.2. The Labute approximate surface area is 250 Å². The van der Waals surface area contributed by atoms with Crippen molar-refractivity contribution in [3.8, 4) is 11.3 Å². The highest BCUT2D eigenvalue weighted by Crippen LogP contribution is 2.41. The van der Waals surface area contributed by atoms with Crippen LogP contribution in [0, 0.1) is 17.2 Å². The minimum absolute atomic E-state index is 0.0160. The predicted octanol–water partition coefficient (Wildman–Crippen LogP) is 6.11. The van der Waals surface area contributed by atoms with Crippen LogP contribution in [0.25, 0.3) is 16.9 Å². The first-order valence-electron chi connectivity index (χ1n) is 15.2. The van der Waals surface area contributed by atoms with Crippen LogP contribution in [0.15, 0.2) is 54.6 Å². The summed E-state index contributed by atoms with van der Waals surface area (Å²) in [6, 6.07) is 17.0. The molecule has 9 heteroatoms. The number of fused-ring (bicyclic) bond motifs is 2. The van der Waals surface area contributed by atoms with Gasteiger partial charge in [-0.2, -0.15) is 5.10 Å². The Kier molecular flexibility index (Phi) is 6.52. The molecule has 3 aliphatic rings. The molecule has 2 atom stereocenters. The molecule has 1 saturated carbocycles. The Balaban J connectivity index is 1.18. The number of hydrogen-bond acceptors (Lipinski definition) is 5. The minimum Gasteiger partial charge on any atom is -0.481 e. The Hall–Kier alpha value is -4.27. The first-order chi connectivity index (χ1) is 20.6. The number of hydrogen-bond donors (Lipinski definition) is 1. The van der Waals surface area contributed by atoms with Crippen LogP contribution in [-0.2, 0) is 11.2 Å².